The van der Waals surface area contributed by atoms with Crippen molar-refractivity contribution in [3.8, 4) is 55.6 Å². The Morgan fingerprint density at radius 3 is 1.21 bits per heavy atom. The summed E-state index contributed by atoms with van der Waals surface area (Å²) < 4.78 is 4.71. The van der Waals surface area contributed by atoms with Crippen molar-refractivity contribution in [2.75, 3.05) is 0 Å². The average Bonchev–Trinajstić information content (AvgIpc) is 4.19. The third-order valence-electron chi connectivity index (χ3n) is 17.7. The fourth-order valence-electron chi connectivity index (χ4n) is 14.7. The highest BCUT2D eigenvalue weighted by molar-refractivity contribution is 6.24. The molecular weight excluding hydrogens is 905 g/mol. The lowest BCUT2D eigenvalue weighted by atomic mass is 9.69. The zero-order valence-electron chi connectivity index (χ0n) is 41.5. The molecule has 0 radical (unpaired) electrons. The lowest BCUT2D eigenvalue weighted by Crippen LogP contribution is -2.26. The largest absolute Gasteiger partial charge is 0.344 e. The highest BCUT2D eigenvalue weighted by Gasteiger charge is 2.53. The van der Waals surface area contributed by atoms with Gasteiger partial charge in [-0.15, -0.1) is 0 Å². The smallest absolute Gasteiger partial charge is 0.0731 e. The molecule has 1 spiro atoms. The monoisotopic (exact) mass is 950 g/mol. The molecule has 2 aromatic heterocycles. The van der Waals surface area contributed by atoms with Crippen molar-refractivity contribution in [1.29, 1.82) is 0 Å². The molecule has 0 saturated carbocycles. The lowest BCUT2D eigenvalue weighted by molar-refractivity contribution is 0.802. The van der Waals surface area contributed by atoms with Gasteiger partial charge in [-0.2, -0.15) is 0 Å². The van der Waals surface area contributed by atoms with Gasteiger partial charge in [0.15, 0.2) is 0 Å². The summed E-state index contributed by atoms with van der Waals surface area (Å²) in [6.45, 7) is 0. The van der Waals surface area contributed by atoms with Gasteiger partial charge in [0.2, 0.25) is 0 Å². The van der Waals surface area contributed by atoms with Gasteiger partial charge < -0.3 is 9.13 Å². The Bertz CT molecular complexity index is 4860. The number of nitrogens with zero attached hydrogens (tertiary/aromatic N) is 2. The van der Waals surface area contributed by atoms with E-state index in [9.17, 15) is 0 Å². The Kier molecular flexibility index (Phi) is 8.10. The fourth-order valence-corrected chi connectivity index (χ4v) is 14.7. The zero-order valence-corrected chi connectivity index (χ0v) is 41.5. The molecule has 17 rings (SSSR count). The normalized spacial score (nSPS) is 14.6. The third-order valence-corrected chi connectivity index (χ3v) is 17.7. The predicted octanol–water partition coefficient (Wildman–Crippen LogP) is 18.9. The van der Waals surface area contributed by atoms with E-state index in [1.165, 1.54) is 165 Å². The summed E-state index contributed by atoms with van der Waals surface area (Å²) in [6, 6.07) is 92.4. The van der Waals surface area contributed by atoms with Gasteiger partial charge in [-0.25, -0.2) is 0 Å². The van der Waals surface area contributed by atoms with Crippen molar-refractivity contribution in [3.63, 3.8) is 0 Å². The molecule has 1 unspecified atom stereocenters. The van der Waals surface area contributed by atoms with E-state index < -0.39 is 5.41 Å². The van der Waals surface area contributed by atoms with Gasteiger partial charge in [0, 0.05) is 57.7 Å². The van der Waals surface area contributed by atoms with Crippen LogP contribution in [0.15, 0.2) is 243 Å². The molecule has 0 aliphatic heterocycles. The maximum atomic E-state index is 2.51. The Morgan fingerprint density at radius 2 is 0.627 bits per heavy atom. The van der Waals surface area contributed by atoms with Crippen LogP contribution in [-0.2, 0) is 19.5 Å². The second-order valence-electron chi connectivity index (χ2n) is 21.1. The van der Waals surface area contributed by atoms with E-state index in [0.717, 1.165) is 0 Å². The Balaban J connectivity index is 1.00. The van der Waals surface area contributed by atoms with Crippen LogP contribution in [0.4, 0.5) is 0 Å². The van der Waals surface area contributed by atoms with Gasteiger partial charge in [0.05, 0.1) is 5.41 Å². The van der Waals surface area contributed by atoms with Crippen LogP contribution in [0.5, 0.6) is 0 Å². The maximum Gasteiger partial charge on any atom is 0.0731 e. The quantitative estimate of drug-likeness (QED) is 0.123. The number of fused-ring (bicyclic) bond motifs is 23. The Labute approximate surface area is 433 Å². The van der Waals surface area contributed by atoms with Crippen molar-refractivity contribution < 1.29 is 0 Å². The molecule has 2 nitrogen and oxygen atoms in total. The number of aryl methyl sites for hydroxylation is 2. The van der Waals surface area contributed by atoms with Crippen LogP contribution in [0, 0.1) is 0 Å². The predicted molar refractivity (Wildman–Crippen MR) is 317 cm³/mol. The molecule has 15 aromatic rings. The van der Waals surface area contributed by atoms with Crippen LogP contribution in [0.1, 0.15) is 22.3 Å². The summed E-state index contributed by atoms with van der Waals surface area (Å²) in [5.41, 5.74) is 22.5. The van der Waals surface area contributed by atoms with Crippen molar-refractivity contribution in [2.24, 2.45) is 14.1 Å². The summed E-state index contributed by atoms with van der Waals surface area (Å²) in [6.07, 6.45) is 0. The summed E-state index contributed by atoms with van der Waals surface area (Å²) in [4.78, 5) is 0. The number of benzene rings is 13. The summed E-state index contributed by atoms with van der Waals surface area (Å²) >= 11 is 0. The van der Waals surface area contributed by atoms with E-state index in [-0.39, 0.29) is 0 Å². The number of hydrogen-bond acceptors (Lipinski definition) is 0. The minimum Gasteiger partial charge on any atom is -0.344 e. The van der Waals surface area contributed by atoms with Crippen molar-refractivity contribution in [2.45, 2.75) is 5.41 Å². The molecule has 348 valence electrons. The topological polar surface area (TPSA) is 9.86 Å². The molecule has 0 fully saturated rings. The number of para-hydroxylation sites is 2. The standard InChI is InChI=1S/C73H46N2/c1-74-65-34-13-9-20-49(65)51-38-36-43(40-67(51)74)45-26-15-28-54-60(45)42-61-46(44-37-39-52-50-21-10-14-35-66(50)75(2)68(52)41-44)27-16-29-55(61)69(54)59-30-17-33-64-70(59)57-24-7-11-31-62(57)73(64)63-32-12-8-25-58(63)71-53-22-5-3-18-47(53)48-19-4-6-23-56(48)72(71)73/h3-42H,1-2H3. The molecule has 13 aromatic carbocycles. The molecule has 0 amide bonds. The van der Waals surface area contributed by atoms with E-state index in [4.69, 9.17) is 0 Å². The van der Waals surface area contributed by atoms with Crippen molar-refractivity contribution in [1.82, 2.24) is 9.13 Å². The molecule has 0 N–H and O–H groups in total. The lowest BCUT2D eigenvalue weighted by Gasteiger charge is -2.32. The van der Waals surface area contributed by atoms with Gasteiger partial charge in [0.25, 0.3) is 0 Å². The third kappa shape index (κ3) is 5.18. The highest BCUT2D eigenvalue weighted by atomic mass is 14.9. The number of hydrogen-bond donors (Lipinski definition) is 0. The van der Waals surface area contributed by atoms with Crippen LogP contribution >= 0.6 is 0 Å². The summed E-state index contributed by atoms with van der Waals surface area (Å²) in [5, 5.41) is 15.3. The first-order chi connectivity index (χ1) is 37.1. The molecule has 75 heavy (non-hydrogen) atoms. The minimum absolute atomic E-state index is 0.559. The molecule has 2 aliphatic rings. The van der Waals surface area contributed by atoms with Gasteiger partial charge in [0.1, 0.15) is 0 Å². The van der Waals surface area contributed by atoms with Gasteiger partial charge >= 0.3 is 0 Å². The molecule has 2 heterocycles. The van der Waals surface area contributed by atoms with Gasteiger partial charge in [-0.3, -0.25) is 0 Å². The Morgan fingerprint density at radius 1 is 0.240 bits per heavy atom. The van der Waals surface area contributed by atoms with Crippen LogP contribution in [0.2, 0.25) is 0 Å². The molecule has 2 heteroatoms. The van der Waals surface area contributed by atoms with Gasteiger partial charge in [-0.1, -0.05) is 212 Å². The second-order valence-corrected chi connectivity index (χ2v) is 21.1. The van der Waals surface area contributed by atoms with Crippen LogP contribution in [0.3, 0.4) is 0 Å². The van der Waals surface area contributed by atoms with Crippen LogP contribution in [0.25, 0.3) is 142 Å². The molecule has 0 saturated heterocycles. The fraction of sp³-hybridized carbons (Fsp3) is 0.0411. The molecule has 1 atom stereocenters. The van der Waals surface area contributed by atoms with Crippen molar-refractivity contribution >= 4 is 86.7 Å². The van der Waals surface area contributed by atoms with E-state index in [0.29, 0.717) is 0 Å². The van der Waals surface area contributed by atoms with Crippen LogP contribution in [-0.4, -0.2) is 9.13 Å². The molecule has 0 bridgehead atoms. The number of rotatable bonds is 3. The van der Waals surface area contributed by atoms with Gasteiger partial charge in [-0.05, 0) is 151 Å². The minimum atomic E-state index is -0.559. The average molecular weight is 951 g/mol. The Hall–Kier alpha value is -9.50. The van der Waals surface area contributed by atoms with E-state index in [1.54, 1.807) is 0 Å². The molecule has 2 aliphatic carbocycles. The zero-order chi connectivity index (χ0) is 49.3. The van der Waals surface area contributed by atoms with Crippen molar-refractivity contribution in [3.05, 3.63) is 265 Å². The van der Waals surface area contributed by atoms with E-state index >= 15 is 0 Å². The maximum absolute atomic E-state index is 2.51. The first kappa shape index (κ1) is 41.0. The first-order valence-corrected chi connectivity index (χ1v) is 26.3. The molecular formula is C73H46N2. The SMILES string of the molecule is Cn1c2ccccc2c2ccc(-c3cccc4c(-c5cccc6c5-c5ccccc5C65c6ccccc6-c6c5c5ccccc5c5ccccc65)c5cccc(-c6ccc7c8ccccc8n(C)c7c6)c5cc34)cc21. The first-order valence-electron chi connectivity index (χ1n) is 26.3. The number of aromatic nitrogens is 2. The summed E-state index contributed by atoms with van der Waals surface area (Å²) in [7, 11) is 4.41. The second kappa shape index (κ2) is 14.8. The van der Waals surface area contributed by atoms with Crippen LogP contribution < -0.4 is 0 Å². The highest BCUT2D eigenvalue weighted by Crippen LogP contribution is 2.67. The summed E-state index contributed by atoms with van der Waals surface area (Å²) in [5.74, 6) is 0. The van der Waals surface area contributed by atoms with E-state index in [1.807, 2.05) is 0 Å². The van der Waals surface area contributed by atoms with E-state index in [2.05, 4.69) is 266 Å².